The van der Waals surface area contributed by atoms with Gasteiger partial charge in [0, 0.05) is 15.9 Å². The number of aromatic amines is 1. The smallest absolute Gasteiger partial charge is 0.258 e. The molecule has 0 aliphatic rings. The third kappa shape index (κ3) is 3.15. The maximum atomic E-state index is 12.0. The highest BCUT2D eigenvalue weighted by molar-refractivity contribution is 7.10. The largest absolute Gasteiger partial charge is 0.309 e. The number of benzene rings is 1. The minimum atomic E-state index is -0.141. The first-order valence-corrected chi connectivity index (χ1v) is 7.84. The molecule has 0 unspecified atom stereocenters. The van der Waals surface area contributed by atoms with Crippen LogP contribution in [0.4, 0.5) is 0 Å². The summed E-state index contributed by atoms with van der Waals surface area (Å²) in [6.07, 6.45) is 0. The summed E-state index contributed by atoms with van der Waals surface area (Å²) < 4.78 is 0. The van der Waals surface area contributed by atoms with Gasteiger partial charge in [-0.15, -0.1) is 11.3 Å². The Morgan fingerprint density at radius 3 is 3.05 bits per heavy atom. The van der Waals surface area contributed by atoms with Crippen LogP contribution in [0.1, 0.15) is 23.7 Å². The Bertz CT molecular complexity index is 813. The molecule has 0 bridgehead atoms. The first-order chi connectivity index (χ1) is 10.1. The number of hydrogen-bond donors (Lipinski definition) is 2. The molecule has 2 N–H and O–H groups in total. The topological polar surface area (TPSA) is 57.8 Å². The molecule has 6 heteroatoms. The summed E-state index contributed by atoms with van der Waals surface area (Å²) in [5.41, 5.74) is 0.476. The van der Waals surface area contributed by atoms with Crippen LogP contribution in [0.3, 0.4) is 0 Å². The van der Waals surface area contributed by atoms with Gasteiger partial charge in [-0.1, -0.05) is 17.7 Å². The predicted molar refractivity (Wildman–Crippen MR) is 86.9 cm³/mol. The van der Waals surface area contributed by atoms with E-state index in [1.165, 1.54) is 4.88 Å². The highest BCUT2D eigenvalue weighted by Crippen LogP contribution is 2.18. The zero-order chi connectivity index (χ0) is 14.8. The van der Waals surface area contributed by atoms with Crippen LogP contribution in [0.2, 0.25) is 5.02 Å². The number of H-pyrrole nitrogens is 1. The monoisotopic (exact) mass is 319 g/mol. The minimum absolute atomic E-state index is 0.141. The molecule has 2 heterocycles. The van der Waals surface area contributed by atoms with Gasteiger partial charge in [0.25, 0.3) is 5.56 Å². The van der Waals surface area contributed by atoms with Crippen molar-refractivity contribution in [2.24, 2.45) is 0 Å². The average Bonchev–Trinajstić information content (AvgIpc) is 2.98. The fourth-order valence-electron chi connectivity index (χ4n) is 2.13. The number of halogens is 1. The molecular weight excluding hydrogens is 306 g/mol. The molecule has 0 fully saturated rings. The lowest BCUT2D eigenvalue weighted by Crippen LogP contribution is -2.21. The van der Waals surface area contributed by atoms with E-state index in [9.17, 15) is 4.79 Å². The van der Waals surface area contributed by atoms with E-state index in [2.05, 4.69) is 28.3 Å². The van der Waals surface area contributed by atoms with Gasteiger partial charge >= 0.3 is 0 Å². The third-order valence-corrected chi connectivity index (χ3v) is 4.55. The molecule has 2 aromatic heterocycles. The predicted octanol–water partition coefficient (Wildman–Crippen LogP) is 3.49. The van der Waals surface area contributed by atoms with Crippen LogP contribution in [0.15, 0.2) is 40.5 Å². The summed E-state index contributed by atoms with van der Waals surface area (Å²) in [5.74, 6) is 0.609. The summed E-state index contributed by atoms with van der Waals surface area (Å²) in [5, 5.41) is 6.53. The molecule has 21 heavy (non-hydrogen) atoms. The molecule has 0 spiro atoms. The van der Waals surface area contributed by atoms with E-state index in [0.29, 0.717) is 28.3 Å². The number of fused-ring (bicyclic) bond motifs is 1. The maximum absolute atomic E-state index is 12.0. The van der Waals surface area contributed by atoms with Gasteiger partial charge in [-0.25, -0.2) is 4.98 Å². The van der Waals surface area contributed by atoms with Crippen LogP contribution in [0, 0.1) is 0 Å². The van der Waals surface area contributed by atoms with Gasteiger partial charge in [0.2, 0.25) is 0 Å². The summed E-state index contributed by atoms with van der Waals surface area (Å²) in [6, 6.07) is 9.41. The fraction of sp³-hybridized carbons (Fsp3) is 0.200. The van der Waals surface area contributed by atoms with Crippen molar-refractivity contribution in [3.63, 3.8) is 0 Å². The molecule has 4 nitrogen and oxygen atoms in total. The molecule has 0 saturated carbocycles. The number of aromatic nitrogens is 2. The Hall–Kier alpha value is -1.69. The molecule has 1 aromatic carbocycles. The molecular formula is C15H14ClN3OS. The second-order valence-corrected chi connectivity index (χ2v) is 6.21. The Kier molecular flexibility index (Phi) is 4.05. The lowest BCUT2D eigenvalue weighted by Gasteiger charge is -2.11. The second-order valence-electron chi connectivity index (χ2n) is 4.79. The Labute approximate surface area is 130 Å². The van der Waals surface area contributed by atoms with Crippen molar-refractivity contribution in [2.45, 2.75) is 19.5 Å². The number of thiophene rings is 1. The van der Waals surface area contributed by atoms with Crippen molar-refractivity contribution < 1.29 is 0 Å². The van der Waals surface area contributed by atoms with Crippen molar-refractivity contribution in [1.82, 2.24) is 15.3 Å². The molecule has 3 rings (SSSR count). The molecule has 0 aliphatic carbocycles. The van der Waals surface area contributed by atoms with E-state index in [0.717, 1.165) is 0 Å². The summed E-state index contributed by atoms with van der Waals surface area (Å²) in [6.45, 7) is 2.58. The van der Waals surface area contributed by atoms with Gasteiger partial charge < -0.3 is 10.3 Å². The van der Waals surface area contributed by atoms with E-state index >= 15 is 0 Å². The van der Waals surface area contributed by atoms with Gasteiger partial charge in [-0.2, -0.15) is 0 Å². The first kappa shape index (κ1) is 14.3. The third-order valence-electron chi connectivity index (χ3n) is 3.26. The maximum Gasteiger partial charge on any atom is 0.258 e. The average molecular weight is 320 g/mol. The van der Waals surface area contributed by atoms with Crippen molar-refractivity contribution in [1.29, 1.82) is 0 Å². The number of nitrogens with one attached hydrogen (secondary N) is 2. The van der Waals surface area contributed by atoms with Gasteiger partial charge in [0.15, 0.2) is 0 Å². The SMILES string of the molecule is C[C@@H](NCc1nc2cc(Cl)ccc2c(=O)[nH]1)c1cccs1. The fourth-order valence-corrected chi connectivity index (χ4v) is 3.06. The van der Waals surface area contributed by atoms with Crippen molar-refractivity contribution >= 4 is 33.8 Å². The molecule has 1 atom stereocenters. The summed E-state index contributed by atoms with van der Waals surface area (Å²) in [7, 11) is 0. The van der Waals surface area contributed by atoms with Crippen LogP contribution in [-0.4, -0.2) is 9.97 Å². The minimum Gasteiger partial charge on any atom is -0.309 e. The van der Waals surface area contributed by atoms with E-state index < -0.39 is 0 Å². The highest BCUT2D eigenvalue weighted by Gasteiger charge is 2.08. The van der Waals surface area contributed by atoms with E-state index in [1.54, 1.807) is 29.5 Å². The van der Waals surface area contributed by atoms with E-state index in [4.69, 9.17) is 11.6 Å². The van der Waals surface area contributed by atoms with Crippen molar-refractivity contribution in [3.8, 4) is 0 Å². The number of hydrogen-bond acceptors (Lipinski definition) is 4. The van der Waals surface area contributed by atoms with Gasteiger partial charge in [0.05, 0.1) is 17.4 Å². The molecule has 0 amide bonds. The number of nitrogens with zero attached hydrogens (tertiary/aromatic N) is 1. The Morgan fingerprint density at radius 1 is 1.43 bits per heavy atom. The first-order valence-electron chi connectivity index (χ1n) is 6.59. The van der Waals surface area contributed by atoms with Gasteiger partial charge in [-0.05, 0) is 36.6 Å². The Balaban J connectivity index is 1.83. The van der Waals surface area contributed by atoms with Crippen LogP contribution < -0.4 is 10.9 Å². The normalized spacial score (nSPS) is 12.7. The summed E-state index contributed by atoms with van der Waals surface area (Å²) in [4.78, 5) is 20.5. The van der Waals surface area contributed by atoms with Gasteiger partial charge in [-0.3, -0.25) is 4.79 Å². The molecule has 3 aromatic rings. The van der Waals surface area contributed by atoms with E-state index in [-0.39, 0.29) is 11.6 Å². The van der Waals surface area contributed by atoms with Crippen molar-refractivity contribution in [3.05, 3.63) is 61.8 Å². The summed E-state index contributed by atoms with van der Waals surface area (Å²) >= 11 is 7.65. The second kappa shape index (κ2) is 5.97. The molecule has 108 valence electrons. The molecule has 0 saturated heterocycles. The molecule has 0 radical (unpaired) electrons. The van der Waals surface area contributed by atoms with Crippen LogP contribution in [0.5, 0.6) is 0 Å². The zero-order valence-electron chi connectivity index (χ0n) is 11.4. The van der Waals surface area contributed by atoms with Crippen LogP contribution in [-0.2, 0) is 6.54 Å². The Morgan fingerprint density at radius 2 is 2.29 bits per heavy atom. The lowest BCUT2D eigenvalue weighted by atomic mass is 10.2. The molecule has 0 aliphatic heterocycles. The van der Waals surface area contributed by atoms with Crippen molar-refractivity contribution in [2.75, 3.05) is 0 Å². The van der Waals surface area contributed by atoms with E-state index in [1.807, 2.05) is 11.4 Å². The lowest BCUT2D eigenvalue weighted by molar-refractivity contribution is 0.567. The van der Waals surface area contributed by atoms with Crippen LogP contribution in [0.25, 0.3) is 10.9 Å². The quantitative estimate of drug-likeness (QED) is 0.774. The highest BCUT2D eigenvalue weighted by atomic mass is 35.5. The number of rotatable bonds is 4. The van der Waals surface area contributed by atoms with Gasteiger partial charge in [0.1, 0.15) is 5.82 Å². The van der Waals surface area contributed by atoms with Crippen LogP contribution >= 0.6 is 22.9 Å². The zero-order valence-corrected chi connectivity index (χ0v) is 13.0. The standard InChI is InChI=1S/C15H14ClN3OS/c1-9(13-3-2-6-21-13)17-8-14-18-12-7-10(16)4-5-11(12)15(20)19-14/h2-7,9,17H,8H2,1H3,(H,18,19,20)/t9-/m1/s1.